The Morgan fingerprint density at radius 1 is 1.15 bits per heavy atom. The van der Waals surface area contributed by atoms with Crippen LogP contribution in [-0.4, -0.2) is 40.3 Å². The monoisotopic (exact) mass is 528 g/mol. The van der Waals surface area contributed by atoms with Crippen LogP contribution in [-0.2, 0) is 23.8 Å². The molecule has 7 N–H and O–H groups in total. The third-order valence-corrected chi connectivity index (χ3v) is 7.45. The van der Waals surface area contributed by atoms with Crippen LogP contribution in [0.3, 0.4) is 0 Å². The van der Waals surface area contributed by atoms with Gasteiger partial charge in [-0.1, -0.05) is 18.2 Å². The van der Waals surface area contributed by atoms with E-state index in [-0.39, 0.29) is 16.2 Å². The number of rotatable bonds is 5. The van der Waals surface area contributed by atoms with Gasteiger partial charge >= 0.3 is 88.4 Å². The molecule has 4 rings (SSSR count). The topological polar surface area (TPSA) is 167 Å². The van der Waals surface area contributed by atoms with Gasteiger partial charge in [-0.25, -0.2) is 0 Å². The Kier molecular flexibility index (Phi) is 7.93. The van der Waals surface area contributed by atoms with E-state index >= 15 is 0 Å². The van der Waals surface area contributed by atoms with Crippen molar-refractivity contribution in [3.8, 4) is 0 Å². The van der Waals surface area contributed by atoms with Crippen molar-refractivity contribution in [1.82, 2.24) is 4.98 Å². The van der Waals surface area contributed by atoms with E-state index in [1.807, 2.05) is 43.5 Å². The van der Waals surface area contributed by atoms with Gasteiger partial charge in [0, 0.05) is 29.7 Å². The van der Waals surface area contributed by atoms with Crippen molar-refractivity contribution < 1.29 is 26.6 Å². The van der Waals surface area contributed by atoms with Crippen molar-refractivity contribution in [2.24, 2.45) is 5.73 Å². The van der Waals surface area contributed by atoms with E-state index in [0.717, 1.165) is 33.7 Å². The molecule has 2 aromatic carbocycles. The zero-order chi connectivity index (χ0) is 24.9. The van der Waals surface area contributed by atoms with E-state index in [9.17, 15) is 17.4 Å². The fraction of sp³-hybridized carbons (Fsp3) is 0.130. The molecule has 0 aliphatic carbocycles. The molecule has 34 heavy (non-hydrogen) atoms. The molecular formula is C23H25AsN4O6. The van der Waals surface area contributed by atoms with Gasteiger partial charge in [-0.05, 0) is 30.2 Å². The normalized spacial score (nSPS) is 15.4. The molecule has 2 amide bonds. The Bertz CT molecular complexity index is 1300. The summed E-state index contributed by atoms with van der Waals surface area (Å²) < 4.78 is 23.9. The van der Waals surface area contributed by atoms with Crippen LogP contribution in [0.25, 0.3) is 11.1 Å². The molecule has 0 radical (unpaired) electrons. The minimum absolute atomic E-state index is 0.0399. The van der Waals surface area contributed by atoms with Crippen LogP contribution < -0.4 is 20.7 Å². The number of fused-ring (bicyclic) bond motifs is 1. The van der Waals surface area contributed by atoms with Gasteiger partial charge in [0.15, 0.2) is 0 Å². The van der Waals surface area contributed by atoms with E-state index in [4.69, 9.17) is 11.0 Å². The number of carbonyl (C=O) groups is 2. The number of hydrogen-bond donors (Lipinski definition) is 6. The molecule has 3 aromatic rings. The SMILES string of the molecule is CC(=C1C(=O)Nc2ccccc21)c1cc(CN)c[nH]1.CC(=O)Nc1cccc([As](=O)(O)OO)c1. The number of aromatic amines is 1. The second kappa shape index (κ2) is 10.7. The van der Waals surface area contributed by atoms with E-state index in [0.29, 0.717) is 12.2 Å². The van der Waals surface area contributed by atoms with Crippen molar-refractivity contribution in [3.05, 3.63) is 77.6 Å². The summed E-state index contributed by atoms with van der Waals surface area (Å²) in [6.07, 6.45) is 1.87. The van der Waals surface area contributed by atoms with Crippen molar-refractivity contribution >= 4 is 52.9 Å². The van der Waals surface area contributed by atoms with Crippen LogP contribution in [0.1, 0.15) is 30.7 Å². The zero-order valence-electron chi connectivity index (χ0n) is 18.5. The number of nitrogens with one attached hydrogen (secondary N) is 3. The fourth-order valence-corrected chi connectivity index (χ4v) is 4.82. The third kappa shape index (κ3) is 5.74. The maximum absolute atomic E-state index is 12.1. The zero-order valence-corrected chi connectivity index (χ0v) is 20.4. The van der Waals surface area contributed by atoms with Gasteiger partial charge in [0.25, 0.3) is 5.91 Å². The first kappa shape index (κ1) is 25.2. The average Bonchev–Trinajstić information content (AvgIpc) is 3.42. The van der Waals surface area contributed by atoms with E-state index in [1.54, 1.807) is 6.07 Å². The molecule has 1 aliphatic rings. The molecular weight excluding hydrogens is 503 g/mol. The van der Waals surface area contributed by atoms with E-state index < -0.39 is 14.2 Å². The molecule has 2 heterocycles. The molecule has 0 fully saturated rings. The van der Waals surface area contributed by atoms with Crippen molar-refractivity contribution in [1.29, 1.82) is 0 Å². The van der Waals surface area contributed by atoms with Gasteiger partial charge in [-0.15, -0.1) is 0 Å². The summed E-state index contributed by atoms with van der Waals surface area (Å²) in [4.78, 5) is 26.0. The van der Waals surface area contributed by atoms with Crippen LogP contribution in [0, 0.1) is 0 Å². The third-order valence-electron chi connectivity index (χ3n) is 5.03. The summed E-state index contributed by atoms with van der Waals surface area (Å²) >= 11 is -4.83. The molecule has 0 saturated carbocycles. The molecule has 0 saturated heterocycles. The summed E-state index contributed by atoms with van der Waals surface area (Å²) in [7, 11) is 0. The van der Waals surface area contributed by atoms with Gasteiger partial charge in [-0.3, -0.25) is 4.79 Å². The van der Waals surface area contributed by atoms with Crippen LogP contribution in [0.2, 0.25) is 0 Å². The Morgan fingerprint density at radius 2 is 1.88 bits per heavy atom. The summed E-state index contributed by atoms with van der Waals surface area (Å²) in [5, 5.41) is 13.6. The number of hydrogen-bond acceptors (Lipinski definition) is 6. The molecule has 11 heteroatoms. The Labute approximate surface area is 198 Å². The number of benzene rings is 2. The van der Waals surface area contributed by atoms with Gasteiger partial charge in [0.05, 0.1) is 5.57 Å². The first-order chi connectivity index (χ1) is 16.2. The van der Waals surface area contributed by atoms with E-state index in [2.05, 4.69) is 19.5 Å². The number of amides is 2. The average molecular weight is 528 g/mol. The van der Waals surface area contributed by atoms with Crippen LogP contribution >= 0.6 is 0 Å². The first-order valence-electron chi connectivity index (χ1n) is 10.2. The van der Waals surface area contributed by atoms with Gasteiger partial charge in [0.2, 0.25) is 0 Å². The summed E-state index contributed by atoms with van der Waals surface area (Å²) in [5.41, 5.74) is 11.4. The summed E-state index contributed by atoms with van der Waals surface area (Å²) in [5.74, 6) is -0.347. The molecule has 10 nitrogen and oxygen atoms in total. The first-order valence-corrected chi connectivity index (χ1v) is 13.5. The van der Waals surface area contributed by atoms with Crippen molar-refractivity contribution in [2.45, 2.75) is 20.4 Å². The quantitative estimate of drug-likeness (QED) is 0.128. The number of anilines is 2. The summed E-state index contributed by atoms with van der Waals surface area (Å²) in [6, 6.07) is 15.3. The number of allylic oxidation sites excluding steroid dienone is 1. The summed E-state index contributed by atoms with van der Waals surface area (Å²) in [6.45, 7) is 3.75. The molecule has 1 unspecified atom stereocenters. The van der Waals surface area contributed by atoms with Crippen molar-refractivity contribution in [3.63, 3.8) is 0 Å². The maximum atomic E-state index is 12.1. The minimum atomic E-state index is -4.83. The predicted octanol–water partition coefficient (Wildman–Crippen LogP) is 2.06. The number of aromatic nitrogens is 1. The van der Waals surface area contributed by atoms with Gasteiger partial charge in [-0.2, -0.15) is 0 Å². The fourth-order valence-electron chi connectivity index (χ4n) is 3.41. The number of H-pyrrole nitrogens is 1. The molecule has 178 valence electrons. The molecule has 1 atom stereocenters. The number of para-hydroxylation sites is 1. The Hall–Kier alpha value is -3.40. The molecule has 1 aliphatic heterocycles. The molecule has 1 aromatic heterocycles. The molecule has 0 spiro atoms. The van der Waals surface area contributed by atoms with Crippen LogP contribution in [0.5, 0.6) is 0 Å². The van der Waals surface area contributed by atoms with Crippen LogP contribution in [0.4, 0.5) is 11.4 Å². The van der Waals surface area contributed by atoms with Gasteiger partial charge < -0.3 is 16.0 Å². The van der Waals surface area contributed by atoms with Crippen LogP contribution in [0.15, 0.2) is 60.8 Å². The number of carbonyl (C=O) groups excluding carboxylic acids is 2. The molecule has 0 bridgehead atoms. The Balaban J connectivity index is 0.000000197. The second-order valence-electron chi connectivity index (χ2n) is 7.46. The predicted molar refractivity (Wildman–Crippen MR) is 129 cm³/mol. The standard InChI is InChI=1S/C15H15N3O.C8H10AsNO5/c1-9(13-6-10(7-16)8-17-13)14-11-4-2-3-5-12(11)18-15(14)19;1-6(11)10-8-4-2-3-7(5-8)9(12,13)15-14/h2-6,8,17H,7,16H2,1H3,(H,18,19);2-5,14H,1H3,(H,10,11)(H,12,13). The van der Waals surface area contributed by atoms with Gasteiger partial charge in [0.1, 0.15) is 0 Å². The Morgan fingerprint density at radius 3 is 2.53 bits per heavy atom. The second-order valence-corrected chi connectivity index (χ2v) is 11.1. The van der Waals surface area contributed by atoms with Crippen molar-refractivity contribution in [2.75, 3.05) is 10.6 Å². The number of nitrogens with two attached hydrogens (primary N) is 1. The van der Waals surface area contributed by atoms with E-state index in [1.165, 1.54) is 25.1 Å².